The first-order valence-electron chi connectivity index (χ1n) is 8.86. The van der Waals surface area contributed by atoms with Crippen LogP contribution < -0.4 is 15.5 Å². The summed E-state index contributed by atoms with van der Waals surface area (Å²) in [6.45, 7) is 1.96. The molecule has 0 saturated heterocycles. The van der Waals surface area contributed by atoms with Gasteiger partial charge < -0.3 is 15.5 Å². The lowest BCUT2D eigenvalue weighted by molar-refractivity contribution is 0.520. The van der Waals surface area contributed by atoms with E-state index < -0.39 is 0 Å². The van der Waals surface area contributed by atoms with Gasteiger partial charge in [-0.05, 0) is 53.4 Å². The van der Waals surface area contributed by atoms with Crippen molar-refractivity contribution in [2.75, 3.05) is 22.1 Å². The molecule has 3 heteroatoms. The Labute approximate surface area is 148 Å². The number of benzene rings is 3. The number of anilines is 3. The number of nitrogens with zero attached hydrogens (tertiary/aromatic N) is 2. The zero-order valence-electron chi connectivity index (χ0n) is 14.1. The third-order valence-electron chi connectivity index (χ3n) is 5.41. The van der Waals surface area contributed by atoms with Crippen molar-refractivity contribution in [2.24, 2.45) is 0 Å². The first-order chi connectivity index (χ1) is 12.3. The molecule has 0 saturated carbocycles. The average molecular weight is 327 g/mol. The molecule has 2 heterocycles. The van der Waals surface area contributed by atoms with Crippen molar-refractivity contribution in [3.05, 3.63) is 89.5 Å². The van der Waals surface area contributed by atoms with Crippen molar-refractivity contribution >= 4 is 17.1 Å². The van der Waals surface area contributed by atoms with E-state index in [1.807, 2.05) is 12.1 Å². The van der Waals surface area contributed by atoms with Crippen LogP contribution in [-0.4, -0.2) is 6.54 Å². The number of nitrogen functional groups attached to an aromatic ring is 1. The van der Waals surface area contributed by atoms with Crippen LogP contribution >= 0.6 is 0 Å². The average Bonchev–Trinajstić information content (AvgIpc) is 2.67. The minimum Gasteiger partial charge on any atom is -0.399 e. The Bertz CT molecular complexity index is 917. The van der Waals surface area contributed by atoms with E-state index in [-0.39, 0.29) is 6.17 Å². The van der Waals surface area contributed by atoms with Crippen LogP contribution in [0.4, 0.5) is 17.1 Å². The second-order valence-electron chi connectivity index (χ2n) is 6.86. The zero-order valence-corrected chi connectivity index (χ0v) is 14.1. The Kier molecular flexibility index (Phi) is 3.20. The van der Waals surface area contributed by atoms with E-state index in [4.69, 9.17) is 5.73 Å². The maximum absolute atomic E-state index is 5.91. The van der Waals surface area contributed by atoms with Crippen molar-refractivity contribution in [1.29, 1.82) is 0 Å². The molecule has 0 bridgehead atoms. The quantitative estimate of drug-likeness (QED) is 0.674. The lowest BCUT2D eigenvalue weighted by Gasteiger charge is -2.50. The number of rotatable bonds is 1. The summed E-state index contributed by atoms with van der Waals surface area (Å²) in [5.74, 6) is 0. The van der Waals surface area contributed by atoms with E-state index in [1.54, 1.807) is 0 Å². The molecule has 124 valence electrons. The highest BCUT2D eigenvalue weighted by molar-refractivity contribution is 5.66. The zero-order chi connectivity index (χ0) is 16.8. The topological polar surface area (TPSA) is 32.5 Å². The van der Waals surface area contributed by atoms with Crippen LogP contribution in [0.15, 0.2) is 72.8 Å². The Hall–Kier alpha value is -2.94. The van der Waals surface area contributed by atoms with Crippen LogP contribution in [0.1, 0.15) is 22.9 Å². The Balaban J connectivity index is 1.69. The van der Waals surface area contributed by atoms with Crippen LogP contribution in [0.2, 0.25) is 0 Å². The molecule has 0 radical (unpaired) electrons. The summed E-state index contributed by atoms with van der Waals surface area (Å²) >= 11 is 0. The van der Waals surface area contributed by atoms with Gasteiger partial charge in [-0.15, -0.1) is 0 Å². The normalized spacial score (nSPS) is 18.3. The molecule has 3 aromatic rings. The van der Waals surface area contributed by atoms with Crippen LogP contribution in [0.5, 0.6) is 0 Å². The van der Waals surface area contributed by atoms with Gasteiger partial charge in [0.2, 0.25) is 0 Å². The molecule has 0 aliphatic carbocycles. The van der Waals surface area contributed by atoms with Crippen LogP contribution in [0, 0.1) is 0 Å². The molecule has 2 N–H and O–H groups in total. The molecule has 1 atom stereocenters. The second kappa shape index (κ2) is 5.55. The molecule has 1 unspecified atom stereocenters. The Morgan fingerprint density at radius 3 is 2.32 bits per heavy atom. The van der Waals surface area contributed by atoms with Gasteiger partial charge in [0.15, 0.2) is 0 Å². The fraction of sp³-hybridized carbons (Fsp3) is 0.182. The molecule has 0 fully saturated rings. The van der Waals surface area contributed by atoms with Crippen molar-refractivity contribution in [2.45, 2.75) is 19.1 Å². The summed E-state index contributed by atoms with van der Waals surface area (Å²) in [6, 6.07) is 25.9. The maximum atomic E-state index is 5.91. The molecule has 2 aliphatic rings. The van der Waals surface area contributed by atoms with Gasteiger partial charge in [-0.1, -0.05) is 42.5 Å². The standard InChI is InChI=1S/C22H21N3/c23-18-9-11-19(12-10-18)25-15-17-6-2-4-8-21(17)24-14-13-16-5-1-3-7-20(16)22(24)25/h1-12,22H,13-15,23H2. The van der Waals surface area contributed by atoms with Crippen molar-refractivity contribution in [3.8, 4) is 0 Å². The summed E-state index contributed by atoms with van der Waals surface area (Å²) in [5.41, 5.74) is 13.6. The third kappa shape index (κ3) is 2.27. The molecule has 2 aliphatic heterocycles. The molecular weight excluding hydrogens is 306 g/mol. The van der Waals surface area contributed by atoms with E-state index in [0.717, 1.165) is 25.2 Å². The fourth-order valence-corrected chi connectivity index (χ4v) is 4.23. The van der Waals surface area contributed by atoms with Gasteiger partial charge in [0.1, 0.15) is 6.17 Å². The molecule has 3 nitrogen and oxygen atoms in total. The largest absolute Gasteiger partial charge is 0.399 e. The molecule has 0 spiro atoms. The maximum Gasteiger partial charge on any atom is 0.129 e. The smallest absolute Gasteiger partial charge is 0.129 e. The Morgan fingerprint density at radius 2 is 1.48 bits per heavy atom. The van der Waals surface area contributed by atoms with E-state index >= 15 is 0 Å². The molecule has 0 aromatic heterocycles. The minimum absolute atomic E-state index is 0.239. The van der Waals surface area contributed by atoms with Crippen molar-refractivity contribution in [1.82, 2.24) is 0 Å². The lowest BCUT2D eigenvalue weighted by atomic mass is 9.92. The van der Waals surface area contributed by atoms with Crippen LogP contribution in [-0.2, 0) is 13.0 Å². The highest BCUT2D eigenvalue weighted by Crippen LogP contribution is 2.44. The van der Waals surface area contributed by atoms with E-state index in [9.17, 15) is 0 Å². The predicted molar refractivity (Wildman–Crippen MR) is 104 cm³/mol. The summed E-state index contributed by atoms with van der Waals surface area (Å²) in [4.78, 5) is 5.05. The summed E-state index contributed by atoms with van der Waals surface area (Å²) in [7, 11) is 0. The van der Waals surface area contributed by atoms with E-state index in [0.29, 0.717) is 0 Å². The van der Waals surface area contributed by atoms with Gasteiger partial charge in [0.25, 0.3) is 0 Å². The van der Waals surface area contributed by atoms with E-state index in [2.05, 4.69) is 70.5 Å². The molecular formula is C22H21N3. The molecule has 25 heavy (non-hydrogen) atoms. The van der Waals surface area contributed by atoms with Gasteiger partial charge in [-0.2, -0.15) is 0 Å². The summed E-state index contributed by atoms with van der Waals surface area (Å²) in [5, 5.41) is 0. The van der Waals surface area contributed by atoms with Crippen molar-refractivity contribution < 1.29 is 0 Å². The van der Waals surface area contributed by atoms with Gasteiger partial charge in [0.05, 0.1) is 0 Å². The second-order valence-corrected chi connectivity index (χ2v) is 6.86. The first-order valence-corrected chi connectivity index (χ1v) is 8.86. The number of fused-ring (bicyclic) bond motifs is 5. The number of hydrogen-bond acceptors (Lipinski definition) is 3. The highest BCUT2D eigenvalue weighted by Gasteiger charge is 2.36. The van der Waals surface area contributed by atoms with Crippen LogP contribution in [0.25, 0.3) is 0 Å². The van der Waals surface area contributed by atoms with Crippen molar-refractivity contribution in [3.63, 3.8) is 0 Å². The summed E-state index contributed by atoms with van der Waals surface area (Å²) < 4.78 is 0. The fourth-order valence-electron chi connectivity index (χ4n) is 4.23. The molecule has 5 rings (SSSR count). The summed E-state index contributed by atoms with van der Waals surface area (Å²) in [6.07, 6.45) is 1.33. The SMILES string of the molecule is Nc1ccc(N2Cc3ccccc3N3CCc4ccccc4C23)cc1. The minimum atomic E-state index is 0.239. The highest BCUT2D eigenvalue weighted by atomic mass is 15.4. The predicted octanol–water partition coefficient (Wildman–Crippen LogP) is 4.35. The van der Waals surface area contributed by atoms with Gasteiger partial charge >= 0.3 is 0 Å². The molecule has 3 aromatic carbocycles. The lowest BCUT2D eigenvalue weighted by Crippen LogP contribution is -2.49. The van der Waals surface area contributed by atoms with Crippen LogP contribution in [0.3, 0.4) is 0 Å². The molecule has 0 amide bonds. The number of para-hydroxylation sites is 1. The monoisotopic (exact) mass is 327 g/mol. The van der Waals surface area contributed by atoms with E-state index in [1.165, 1.54) is 28.1 Å². The number of hydrogen-bond donors (Lipinski definition) is 1. The first kappa shape index (κ1) is 14.4. The Morgan fingerprint density at radius 1 is 0.760 bits per heavy atom. The third-order valence-corrected chi connectivity index (χ3v) is 5.41. The number of nitrogens with two attached hydrogens (primary N) is 1. The van der Waals surface area contributed by atoms with Gasteiger partial charge in [-0.3, -0.25) is 0 Å². The van der Waals surface area contributed by atoms with Gasteiger partial charge in [0, 0.05) is 30.2 Å². The van der Waals surface area contributed by atoms with Gasteiger partial charge in [-0.25, -0.2) is 0 Å².